The van der Waals surface area contributed by atoms with Gasteiger partial charge < -0.3 is 15.0 Å². The van der Waals surface area contributed by atoms with Crippen molar-refractivity contribution in [2.24, 2.45) is 11.8 Å². The van der Waals surface area contributed by atoms with Crippen LogP contribution in [-0.2, 0) is 4.74 Å². The van der Waals surface area contributed by atoms with Crippen molar-refractivity contribution in [1.82, 2.24) is 15.1 Å². The van der Waals surface area contributed by atoms with E-state index in [2.05, 4.69) is 37.9 Å². The first-order chi connectivity index (χ1) is 9.99. The Morgan fingerprint density at radius 3 is 2.33 bits per heavy atom. The highest BCUT2D eigenvalue weighted by molar-refractivity contribution is 5.74. The molecule has 124 valence electrons. The number of nitrogens with zero attached hydrogens (tertiary/aromatic N) is 2. The van der Waals surface area contributed by atoms with Gasteiger partial charge in [-0.25, -0.2) is 4.79 Å². The summed E-state index contributed by atoms with van der Waals surface area (Å²) in [6.07, 6.45) is 0.881. The number of rotatable bonds is 8. The van der Waals surface area contributed by atoms with Gasteiger partial charge >= 0.3 is 6.03 Å². The van der Waals surface area contributed by atoms with Crippen molar-refractivity contribution in [3.63, 3.8) is 0 Å². The minimum absolute atomic E-state index is 0.0723. The monoisotopic (exact) mass is 299 g/mol. The molecular formula is C16H33N3O2. The number of ether oxygens (including phenoxy) is 1. The van der Waals surface area contributed by atoms with Gasteiger partial charge in [-0.1, -0.05) is 27.7 Å². The zero-order chi connectivity index (χ0) is 15.7. The average molecular weight is 299 g/mol. The van der Waals surface area contributed by atoms with Crippen LogP contribution < -0.4 is 5.32 Å². The maximum absolute atomic E-state index is 12.0. The molecule has 0 aromatic rings. The molecule has 1 heterocycles. The molecule has 0 spiro atoms. The third kappa shape index (κ3) is 8.27. The first-order valence-electron chi connectivity index (χ1n) is 8.32. The van der Waals surface area contributed by atoms with E-state index in [0.29, 0.717) is 18.4 Å². The predicted molar refractivity (Wildman–Crippen MR) is 86.5 cm³/mol. The van der Waals surface area contributed by atoms with Crippen LogP contribution in [0.4, 0.5) is 4.79 Å². The molecule has 5 nitrogen and oxygen atoms in total. The molecule has 0 aromatic heterocycles. The fourth-order valence-electron chi connectivity index (χ4n) is 2.45. The van der Waals surface area contributed by atoms with Gasteiger partial charge in [0.15, 0.2) is 0 Å². The number of piperazine rings is 1. The molecule has 1 aliphatic rings. The molecule has 0 atom stereocenters. The molecule has 0 unspecified atom stereocenters. The van der Waals surface area contributed by atoms with E-state index in [9.17, 15) is 4.79 Å². The van der Waals surface area contributed by atoms with Gasteiger partial charge in [0.1, 0.15) is 0 Å². The lowest BCUT2D eigenvalue weighted by molar-refractivity contribution is 0.106. The minimum atomic E-state index is 0.0723. The van der Waals surface area contributed by atoms with E-state index in [1.165, 1.54) is 0 Å². The lowest BCUT2D eigenvalue weighted by atomic mass is 10.2. The van der Waals surface area contributed by atoms with Gasteiger partial charge in [-0.2, -0.15) is 0 Å². The lowest BCUT2D eigenvalue weighted by Gasteiger charge is -2.35. The highest BCUT2D eigenvalue weighted by Gasteiger charge is 2.20. The number of urea groups is 1. The Balaban J connectivity index is 2.06. The van der Waals surface area contributed by atoms with Gasteiger partial charge in [0, 0.05) is 52.5 Å². The van der Waals surface area contributed by atoms with Crippen LogP contribution in [0.25, 0.3) is 0 Å². The molecule has 21 heavy (non-hydrogen) atoms. The molecule has 1 saturated heterocycles. The second-order valence-electron chi connectivity index (χ2n) is 6.74. The standard InChI is InChI=1S/C16H33N3O2/c1-14(2)12-18-7-9-19(10-8-18)16(20)17-6-5-11-21-13-15(3)4/h14-15H,5-13H2,1-4H3,(H,17,20). The summed E-state index contributed by atoms with van der Waals surface area (Å²) in [7, 11) is 0. The molecule has 0 radical (unpaired) electrons. The van der Waals surface area contributed by atoms with Crippen LogP contribution in [0.1, 0.15) is 34.1 Å². The van der Waals surface area contributed by atoms with Crippen molar-refractivity contribution in [2.75, 3.05) is 52.5 Å². The Morgan fingerprint density at radius 1 is 1.10 bits per heavy atom. The molecule has 0 aromatic carbocycles. The van der Waals surface area contributed by atoms with Gasteiger partial charge in [0.2, 0.25) is 0 Å². The highest BCUT2D eigenvalue weighted by atomic mass is 16.5. The minimum Gasteiger partial charge on any atom is -0.381 e. The summed E-state index contributed by atoms with van der Waals surface area (Å²) in [6.45, 7) is 15.7. The number of hydrogen-bond acceptors (Lipinski definition) is 3. The number of carbonyl (C=O) groups excluding carboxylic acids is 1. The molecule has 5 heteroatoms. The zero-order valence-electron chi connectivity index (χ0n) is 14.2. The Hall–Kier alpha value is -0.810. The van der Waals surface area contributed by atoms with Crippen LogP contribution in [0.15, 0.2) is 0 Å². The number of carbonyl (C=O) groups is 1. The van der Waals surface area contributed by atoms with Gasteiger partial charge in [-0.3, -0.25) is 4.90 Å². The van der Waals surface area contributed by atoms with Gasteiger partial charge in [-0.05, 0) is 18.3 Å². The van der Waals surface area contributed by atoms with E-state index in [4.69, 9.17) is 4.74 Å². The third-order valence-electron chi connectivity index (χ3n) is 3.48. The van der Waals surface area contributed by atoms with Crippen molar-refractivity contribution in [3.8, 4) is 0 Å². The average Bonchev–Trinajstić information content (AvgIpc) is 2.42. The van der Waals surface area contributed by atoms with Crippen LogP contribution in [-0.4, -0.2) is 68.3 Å². The molecule has 0 saturated carbocycles. The van der Waals surface area contributed by atoms with Crippen molar-refractivity contribution in [3.05, 3.63) is 0 Å². The molecular weight excluding hydrogens is 266 g/mol. The summed E-state index contributed by atoms with van der Waals surface area (Å²) < 4.78 is 5.50. The Bertz CT molecular complexity index is 287. The summed E-state index contributed by atoms with van der Waals surface area (Å²) in [4.78, 5) is 16.4. The van der Waals surface area contributed by atoms with E-state index in [1.807, 2.05) is 4.90 Å². The van der Waals surface area contributed by atoms with E-state index in [1.54, 1.807) is 0 Å². The van der Waals surface area contributed by atoms with Crippen LogP contribution in [0.5, 0.6) is 0 Å². The fourth-order valence-corrected chi connectivity index (χ4v) is 2.45. The fraction of sp³-hybridized carbons (Fsp3) is 0.938. The zero-order valence-corrected chi connectivity index (χ0v) is 14.2. The smallest absolute Gasteiger partial charge is 0.317 e. The topological polar surface area (TPSA) is 44.8 Å². The molecule has 1 rings (SSSR count). The molecule has 0 aliphatic carbocycles. The summed E-state index contributed by atoms with van der Waals surface area (Å²) in [5, 5.41) is 2.98. The van der Waals surface area contributed by atoms with E-state index < -0.39 is 0 Å². The molecule has 2 amide bonds. The Labute approximate surface area is 130 Å². The summed E-state index contributed by atoms with van der Waals surface area (Å²) in [5.41, 5.74) is 0. The van der Waals surface area contributed by atoms with Gasteiger partial charge in [0.05, 0.1) is 0 Å². The van der Waals surface area contributed by atoms with E-state index in [-0.39, 0.29) is 6.03 Å². The van der Waals surface area contributed by atoms with Crippen LogP contribution in [0, 0.1) is 11.8 Å². The Kier molecular flexibility index (Phi) is 8.69. The third-order valence-corrected chi connectivity index (χ3v) is 3.48. The van der Waals surface area contributed by atoms with Gasteiger partial charge in [0.25, 0.3) is 0 Å². The first-order valence-corrected chi connectivity index (χ1v) is 8.32. The quantitative estimate of drug-likeness (QED) is 0.698. The normalized spacial score (nSPS) is 16.8. The predicted octanol–water partition coefficient (Wildman–Crippen LogP) is 2.03. The second-order valence-corrected chi connectivity index (χ2v) is 6.74. The van der Waals surface area contributed by atoms with Crippen molar-refractivity contribution in [1.29, 1.82) is 0 Å². The van der Waals surface area contributed by atoms with Crippen LogP contribution in [0.3, 0.4) is 0 Å². The largest absolute Gasteiger partial charge is 0.381 e. The second kappa shape index (κ2) is 10.0. The SMILES string of the molecule is CC(C)COCCCNC(=O)N1CCN(CC(C)C)CC1. The molecule has 1 N–H and O–H groups in total. The summed E-state index contributed by atoms with van der Waals surface area (Å²) in [5.74, 6) is 1.26. The Morgan fingerprint density at radius 2 is 1.76 bits per heavy atom. The highest BCUT2D eigenvalue weighted by Crippen LogP contribution is 2.05. The number of nitrogens with one attached hydrogen (secondary N) is 1. The maximum Gasteiger partial charge on any atom is 0.317 e. The lowest BCUT2D eigenvalue weighted by Crippen LogP contribution is -2.52. The van der Waals surface area contributed by atoms with Crippen LogP contribution in [0.2, 0.25) is 0 Å². The summed E-state index contributed by atoms with van der Waals surface area (Å²) in [6, 6.07) is 0.0723. The number of hydrogen-bond donors (Lipinski definition) is 1. The van der Waals surface area contributed by atoms with E-state index >= 15 is 0 Å². The van der Waals surface area contributed by atoms with Crippen molar-refractivity contribution < 1.29 is 9.53 Å². The van der Waals surface area contributed by atoms with Crippen molar-refractivity contribution in [2.45, 2.75) is 34.1 Å². The maximum atomic E-state index is 12.0. The van der Waals surface area contributed by atoms with Crippen LogP contribution >= 0.6 is 0 Å². The number of amides is 2. The van der Waals surface area contributed by atoms with E-state index in [0.717, 1.165) is 52.4 Å². The first kappa shape index (κ1) is 18.2. The van der Waals surface area contributed by atoms with Crippen molar-refractivity contribution >= 4 is 6.03 Å². The molecule has 0 bridgehead atoms. The van der Waals surface area contributed by atoms with Gasteiger partial charge in [-0.15, -0.1) is 0 Å². The molecule has 1 fully saturated rings. The molecule has 1 aliphatic heterocycles. The summed E-state index contributed by atoms with van der Waals surface area (Å²) >= 11 is 0.